The molecule has 0 saturated heterocycles. The van der Waals surface area contributed by atoms with Crippen LogP contribution < -0.4 is 25.6 Å². The smallest absolute Gasteiger partial charge is 0.279 e. The summed E-state index contributed by atoms with van der Waals surface area (Å²) in [5.74, 6) is -0.0678. The third kappa shape index (κ3) is 7.37. The minimum Gasteiger partial charge on any atom is -0.494 e. The fourth-order valence-corrected chi connectivity index (χ4v) is 2.79. The standard InChI is InChI=1S/C20H21Cl2N3O4S/c1-3-9-28-15-6-4-5-13(10-15)19(27)23-20(30)25-24-18(26)12(2)29-17-8-7-14(21)11-16(17)22/h4-8,10-12H,3,9H2,1-2H3,(H,24,26)(H2,23,25,27,30). The van der Waals surface area contributed by atoms with Gasteiger partial charge in [0, 0.05) is 10.6 Å². The molecule has 2 amide bonds. The molecule has 2 rings (SSSR count). The summed E-state index contributed by atoms with van der Waals surface area (Å²) in [5, 5.41) is 3.13. The molecule has 0 radical (unpaired) electrons. The van der Waals surface area contributed by atoms with Gasteiger partial charge in [-0.25, -0.2) is 0 Å². The average molecular weight is 470 g/mol. The van der Waals surface area contributed by atoms with Gasteiger partial charge in [0.15, 0.2) is 11.2 Å². The van der Waals surface area contributed by atoms with Gasteiger partial charge in [-0.2, -0.15) is 0 Å². The Morgan fingerprint density at radius 1 is 1.13 bits per heavy atom. The van der Waals surface area contributed by atoms with Gasteiger partial charge in [0.25, 0.3) is 11.8 Å². The Balaban J connectivity index is 1.83. The van der Waals surface area contributed by atoms with E-state index < -0.39 is 17.9 Å². The van der Waals surface area contributed by atoms with E-state index in [4.69, 9.17) is 44.9 Å². The third-order valence-corrected chi connectivity index (χ3v) is 4.40. The van der Waals surface area contributed by atoms with Crippen molar-refractivity contribution < 1.29 is 19.1 Å². The van der Waals surface area contributed by atoms with E-state index in [1.807, 2.05) is 6.92 Å². The predicted octanol–water partition coefficient (Wildman–Crippen LogP) is 3.89. The molecule has 0 aromatic heterocycles. The number of hydrazine groups is 1. The van der Waals surface area contributed by atoms with Crippen molar-refractivity contribution in [3.63, 3.8) is 0 Å². The zero-order valence-corrected chi connectivity index (χ0v) is 18.7. The molecule has 0 spiro atoms. The normalized spacial score (nSPS) is 11.2. The Morgan fingerprint density at radius 3 is 2.60 bits per heavy atom. The van der Waals surface area contributed by atoms with Crippen molar-refractivity contribution >= 4 is 52.3 Å². The summed E-state index contributed by atoms with van der Waals surface area (Å²) in [6.45, 7) is 4.08. The van der Waals surface area contributed by atoms with E-state index in [2.05, 4.69) is 16.2 Å². The van der Waals surface area contributed by atoms with Crippen molar-refractivity contribution in [1.82, 2.24) is 16.2 Å². The van der Waals surface area contributed by atoms with Gasteiger partial charge in [0.05, 0.1) is 11.6 Å². The topological polar surface area (TPSA) is 88.7 Å². The second-order valence-electron chi connectivity index (χ2n) is 6.11. The van der Waals surface area contributed by atoms with Crippen LogP contribution in [0.3, 0.4) is 0 Å². The molecule has 7 nitrogen and oxygen atoms in total. The lowest BCUT2D eigenvalue weighted by Crippen LogP contribution is -2.51. The summed E-state index contributed by atoms with van der Waals surface area (Å²) in [7, 11) is 0. The van der Waals surface area contributed by atoms with E-state index in [-0.39, 0.29) is 10.1 Å². The van der Waals surface area contributed by atoms with Crippen molar-refractivity contribution in [2.24, 2.45) is 0 Å². The molecule has 0 bridgehead atoms. The van der Waals surface area contributed by atoms with Crippen LogP contribution in [0.15, 0.2) is 42.5 Å². The first-order valence-corrected chi connectivity index (χ1v) is 10.2. The highest BCUT2D eigenvalue weighted by atomic mass is 35.5. The van der Waals surface area contributed by atoms with E-state index in [1.165, 1.54) is 13.0 Å². The number of halogens is 2. The van der Waals surface area contributed by atoms with Crippen molar-refractivity contribution in [3.8, 4) is 11.5 Å². The summed E-state index contributed by atoms with van der Waals surface area (Å²) >= 11 is 16.9. The second-order valence-corrected chi connectivity index (χ2v) is 7.36. The van der Waals surface area contributed by atoms with Crippen molar-refractivity contribution in [2.75, 3.05) is 6.61 Å². The lowest BCUT2D eigenvalue weighted by Gasteiger charge is -2.17. The summed E-state index contributed by atoms with van der Waals surface area (Å²) < 4.78 is 11.0. The van der Waals surface area contributed by atoms with E-state index in [0.717, 1.165) is 6.42 Å². The number of rotatable bonds is 7. The first-order valence-electron chi connectivity index (χ1n) is 9.06. The van der Waals surface area contributed by atoms with Crippen LogP contribution in [0.2, 0.25) is 10.0 Å². The maximum Gasteiger partial charge on any atom is 0.279 e. The van der Waals surface area contributed by atoms with Gasteiger partial charge < -0.3 is 9.47 Å². The zero-order valence-electron chi connectivity index (χ0n) is 16.3. The van der Waals surface area contributed by atoms with Crippen LogP contribution in [-0.2, 0) is 4.79 Å². The third-order valence-electron chi connectivity index (χ3n) is 3.66. The van der Waals surface area contributed by atoms with Crippen LogP contribution >= 0.6 is 35.4 Å². The molecule has 30 heavy (non-hydrogen) atoms. The van der Waals surface area contributed by atoms with E-state index in [0.29, 0.717) is 28.7 Å². The van der Waals surface area contributed by atoms with Gasteiger partial charge in [-0.1, -0.05) is 36.2 Å². The summed E-state index contributed by atoms with van der Waals surface area (Å²) in [5.41, 5.74) is 5.19. The van der Waals surface area contributed by atoms with Crippen LogP contribution in [0.1, 0.15) is 30.6 Å². The SMILES string of the molecule is CCCOc1cccc(C(=O)NC(=S)NNC(=O)C(C)Oc2ccc(Cl)cc2Cl)c1. The molecular weight excluding hydrogens is 449 g/mol. The second kappa shape index (κ2) is 11.6. The number of thiocarbonyl (C=S) groups is 1. The summed E-state index contributed by atoms with van der Waals surface area (Å²) in [4.78, 5) is 24.5. The van der Waals surface area contributed by atoms with Gasteiger partial charge in [-0.15, -0.1) is 0 Å². The van der Waals surface area contributed by atoms with Crippen molar-refractivity contribution in [1.29, 1.82) is 0 Å². The number of carbonyl (C=O) groups excluding carboxylic acids is 2. The Bertz CT molecular complexity index is 927. The molecule has 1 unspecified atom stereocenters. The van der Waals surface area contributed by atoms with Crippen molar-refractivity contribution in [3.05, 3.63) is 58.1 Å². The first kappa shape index (κ1) is 23.7. The fourth-order valence-electron chi connectivity index (χ4n) is 2.19. The number of ether oxygens (including phenoxy) is 2. The molecule has 10 heteroatoms. The molecule has 2 aromatic rings. The largest absolute Gasteiger partial charge is 0.494 e. The quantitative estimate of drug-likeness (QED) is 0.421. The van der Waals surface area contributed by atoms with Gasteiger partial charge in [0.2, 0.25) is 0 Å². The molecule has 3 N–H and O–H groups in total. The van der Waals surface area contributed by atoms with Crippen LogP contribution in [0.4, 0.5) is 0 Å². The molecular formula is C20H21Cl2N3O4S. The average Bonchev–Trinajstić information content (AvgIpc) is 2.72. The van der Waals surface area contributed by atoms with Gasteiger partial charge >= 0.3 is 0 Å². The monoisotopic (exact) mass is 469 g/mol. The fraction of sp³-hybridized carbons (Fsp3) is 0.250. The van der Waals surface area contributed by atoms with Crippen molar-refractivity contribution in [2.45, 2.75) is 26.4 Å². The molecule has 0 aliphatic heterocycles. The summed E-state index contributed by atoms with van der Waals surface area (Å²) in [6, 6.07) is 11.4. The molecule has 2 aromatic carbocycles. The molecule has 0 fully saturated rings. The van der Waals surface area contributed by atoms with Crippen LogP contribution in [0.25, 0.3) is 0 Å². The lowest BCUT2D eigenvalue weighted by atomic mass is 10.2. The van der Waals surface area contributed by atoms with Gasteiger partial charge in [-0.3, -0.25) is 25.8 Å². The highest BCUT2D eigenvalue weighted by Crippen LogP contribution is 2.28. The molecule has 1 atom stereocenters. The number of carbonyl (C=O) groups is 2. The lowest BCUT2D eigenvalue weighted by molar-refractivity contribution is -0.127. The number of benzene rings is 2. The van der Waals surface area contributed by atoms with E-state index >= 15 is 0 Å². The Hall–Kier alpha value is -2.55. The highest BCUT2D eigenvalue weighted by molar-refractivity contribution is 7.80. The maximum atomic E-state index is 12.3. The molecule has 0 aliphatic rings. The van der Waals surface area contributed by atoms with Gasteiger partial charge in [-0.05, 0) is 62.0 Å². The molecule has 0 heterocycles. The van der Waals surface area contributed by atoms with Crippen LogP contribution in [0, 0.1) is 0 Å². The first-order chi connectivity index (χ1) is 14.3. The minimum absolute atomic E-state index is 0.0787. The summed E-state index contributed by atoms with van der Waals surface area (Å²) in [6.07, 6.45) is -0.0293. The number of amides is 2. The zero-order chi connectivity index (χ0) is 22.1. The maximum absolute atomic E-state index is 12.3. The number of hydrogen-bond acceptors (Lipinski definition) is 5. The van der Waals surface area contributed by atoms with E-state index in [1.54, 1.807) is 36.4 Å². The number of nitrogens with one attached hydrogen (secondary N) is 3. The Morgan fingerprint density at radius 2 is 1.90 bits per heavy atom. The predicted molar refractivity (Wildman–Crippen MR) is 120 cm³/mol. The van der Waals surface area contributed by atoms with Crippen LogP contribution in [0.5, 0.6) is 11.5 Å². The number of hydrogen-bond donors (Lipinski definition) is 3. The van der Waals surface area contributed by atoms with Gasteiger partial charge in [0.1, 0.15) is 11.5 Å². The molecule has 160 valence electrons. The molecule has 0 saturated carbocycles. The Labute approximate surface area is 190 Å². The van der Waals surface area contributed by atoms with Crippen LogP contribution in [-0.4, -0.2) is 29.6 Å². The highest BCUT2D eigenvalue weighted by Gasteiger charge is 2.17. The minimum atomic E-state index is -0.887. The Kier molecular flexibility index (Phi) is 9.16. The van der Waals surface area contributed by atoms with E-state index in [9.17, 15) is 9.59 Å². The molecule has 0 aliphatic carbocycles.